The first-order valence-corrected chi connectivity index (χ1v) is 8.16. The highest BCUT2D eigenvalue weighted by molar-refractivity contribution is 5.85. The van der Waals surface area contributed by atoms with Gasteiger partial charge in [-0.25, -0.2) is 4.98 Å². The van der Waals surface area contributed by atoms with Crippen LogP contribution in [0, 0.1) is 11.8 Å². The molecule has 21 heavy (non-hydrogen) atoms. The smallest absolute Gasteiger partial charge is 0.209 e. The Bertz CT molecular complexity index is 636. The van der Waals surface area contributed by atoms with E-state index in [1.807, 2.05) is 18.2 Å². The number of nitrogen functional groups attached to an aromatic ring is 1. The van der Waals surface area contributed by atoms with Crippen LogP contribution in [0.2, 0.25) is 0 Å². The lowest BCUT2D eigenvalue weighted by molar-refractivity contribution is 0.0766. The van der Waals surface area contributed by atoms with Crippen LogP contribution in [0.25, 0.3) is 11.1 Å². The summed E-state index contributed by atoms with van der Waals surface area (Å²) in [4.78, 5) is 7.08. The fraction of sp³-hybridized carbons (Fsp3) is 0.588. The summed E-state index contributed by atoms with van der Waals surface area (Å²) in [5, 5.41) is 0. The summed E-state index contributed by atoms with van der Waals surface area (Å²) >= 11 is 0. The van der Waals surface area contributed by atoms with Gasteiger partial charge in [-0.05, 0) is 43.4 Å². The van der Waals surface area contributed by atoms with Crippen molar-refractivity contribution in [3.8, 4) is 0 Å². The van der Waals surface area contributed by atoms with E-state index >= 15 is 0 Å². The number of benzene rings is 1. The molecule has 0 amide bonds. The molecule has 2 N–H and O–H groups in total. The van der Waals surface area contributed by atoms with E-state index < -0.39 is 0 Å². The monoisotopic (exact) mass is 285 g/mol. The standard InChI is InChI=1S/C17H23N3O/c18-14-6-3-7-15-17(14)19-16(21-15)11-20-9-8-12-4-1-2-5-13(12)10-20/h3,6-7,12-13H,1-2,4-5,8-11,18H2. The van der Waals surface area contributed by atoms with Crippen LogP contribution in [0.5, 0.6) is 0 Å². The second-order valence-electron chi connectivity index (χ2n) is 6.63. The number of hydrogen-bond acceptors (Lipinski definition) is 4. The molecule has 1 saturated heterocycles. The van der Waals surface area contributed by atoms with Gasteiger partial charge in [0.05, 0.1) is 12.2 Å². The highest BCUT2D eigenvalue weighted by Gasteiger charge is 2.31. The maximum Gasteiger partial charge on any atom is 0.209 e. The summed E-state index contributed by atoms with van der Waals surface area (Å²) in [6.07, 6.45) is 7.03. The zero-order valence-electron chi connectivity index (χ0n) is 12.4. The summed E-state index contributed by atoms with van der Waals surface area (Å²) < 4.78 is 5.85. The summed E-state index contributed by atoms with van der Waals surface area (Å²) in [6, 6.07) is 5.73. The molecule has 2 unspecified atom stereocenters. The van der Waals surface area contributed by atoms with Crippen molar-refractivity contribution < 1.29 is 4.42 Å². The number of oxazole rings is 1. The average molecular weight is 285 g/mol. The molecular weight excluding hydrogens is 262 g/mol. The van der Waals surface area contributed by atoms with E-state index in [0.717, 1.165) is 35.4 Å². The van der Waals surface area contributed by atoms with E-state index in [2.05, 4.69) is 9.88 Å². The number of likely N-dealkylation sites (tertiary alicyclic amines) is 1. The van der Waals surface area contributed by atoms with Gasteiger partial charge in [-0.1, -0.05) is 25.3 Å². The third kappa shape index (κ3) is 2.53. The Morgan fingerprint density at radius 2 is 2.05 bits per heavy atom. The Morgan fingerprint density at radius 1 is 1.19 bits per heavy atom. The van der Waals surface area contributed by atoms with Crippen LogP contribution in [-0.4, -0.2) is 23.0 Å². The molecule has 0 bridgehead atoms. The number of para-hydroxylation sites is 1. The largest absolute Gasteiger partial charge is 0.439 e. The van der Waals surface area contributed by atoms with Gasteiger partial charge in [0.15, 0.2) is 5.58 Å². The molecule has 2 aromatic rings. The Labute approximate surface area is 125 Å². The number of rotatable bonds is 2. The predicted octanol–water partition coefficient (Wildman–Crippen LogP) is 3.42. The minimum absolute atomic E-state index is 0.702. The minimum atomic E-state index is 0.702. The Balaban J connectivity index is 1.48. The number of piperidine rings is 1. The fourth-order valence-electron chi connectivity index (χ4n) is 4.09. The molecule has 1 saturated carbocycles. The van der Waals surface area contributed by atoms with Crippen molar-refractivity contribution in [2.75, 3.05) is 18.8 Å². The van der Waals surface area contributed by atoms with Gasteiger partial charge in [0, 0.05) is 6.54 Å². The van der Waals surface area contributed by atoms with Crippen LogP contribution in [0.15, 0.2) is 22.6 Å². The maximum atomic E-state index is 5.95. The first kappa shape index (κ1) is 13.1. The molecule has 4 nitrogen and oxygen atoms in total. The molecule has 0 radical (unpaired) electrons. The Kier molecular flexibility index (Phi) is 3.34. The molecule has 4 heteroatoms. The zero-order valence-corrected chi connectivity index (χ0v) is 12.4. The first-order chi connectivity index (χ1) is 10.3. The van der Waals surface area contributed by atoms with E-state index in [0.29, 0.717) is 5.69 Å². The lowest BCUT2D eigenvalue weighted by atomic mass is 9.75. The van der Waals surface area contributed by atoms with Crippen molar-refractivity contribution in [3.63, 3.8) is 0 Å². The van der Waals surface area contributed by atoms with Crippen molar-refractivity contribution in [2.45, 2.75) is 38.6 Å². The number of nitrogens with two attached hydrogens (primary N) is 1. The van der Waals surface area contributed by atoms with Crippen molar-refractivity contribution in [1.82, 2.24) is 9.88 Å². The molecule has 1 aliphatic carbocycles. The molecule has 2 atom stereocenters. The number of nitrogens with zero attached hydrogens (tertiary/aromatic N) is 2. The van der Waals surface area contributed by atoms with Crippen LogP contribution in [0.3, 0.4) is 0 Å². The van der Waals surface area contributed by atoms with Gasteiger partial charge in [-0.3, -0.25) is 4.90 Å². The highest BCUT2D eigenvalue weighted by atomic mass is 16.3. The Morgan fingerprint density at radius 3 is 2.90 bits per heavy atom. The van der Waals surface area contributed by atoms with E-state index in [1.54, 1.807) is 0 Å². The molecule has 4 rings (SSSR count). The normalized spacial score (nSPS) is 26.9. The van der Waals surface area contributed by atoms with E-state index in [1.165, 1.54) is 45.2 Å². The third-order valence-electron chi connectivity index (χ3n) is 5.23. The van der Waals surface area contributed by atoms with Gasteiger partial charge < -0.3 is 10.2 Å². The van der Waals surface area contributed by atoms with E-state index in [-0.39, 0.29) is 0 Å². The molecule has 2 heterocycles. The Hall–Kier alpha value is -1.55. The fourth-order valence-corrected chi connectivity index (χ4v) is 4.09. The number of anilines is 1. The second kappa shape index (κ2) is 5.34. The van der Waals surface area contributed by atoms with E-state index in [4.69, 9.17) is 10.2 Å². The number of fused-ring (bicyclic) bond motifs is 2. The predicted molar refractivity (Wildman–Crippen MR) is 83.8 cm³/mol. The van der Waals surface area contributed by atoms with Gasteiger partial charge in [0.25, 0.3) is 0 Å². The van der Waals surface area contributed by atoms with Gasteiger partial charge in [-0.2, -0.15) is 0 Å². The zero-order chi connectivity index (χ0) is 14.2. The lowest BCUT2D eigenvalue weighted by Crippen LogP contribution is -2.41. The van der Waals surface area contributed by atoms with Gasteiger partial charge in [0.2, 0.25) is 5.89 Å². The SMILES string of the molecule is Nc1cccc2oc(CN3CCC4CCCCC4C3)nc12. The summed E-state index contributed by atoms with van der Waals surface area (Å²) in [5.74, 6) is 2.66. The topological polar surface area (TPSA) is 55.3 Å². The van der Waals surface area contributed by atoms with Crippen LogP contribution in [-0.2, 0) is 6.54 Å². The molecule has 2 fully saturated rings. The molecule has 0 spiro atoms. The number of aromatic nitrogens is 1. The first-order valence-electron chi connectivity index (χ1n) is 8.16. The summed E-state index contributed by atoms with van der Waals surface area (Å²) in [7, 11) is 0. The van der Waals surface area contributed by atoms with Crippen LogP contribution >= 0.6 is 0 Å². The number of hydrogen-bond donors (Lipinski definition) is 1. The molecular formula is C17H23N3O. The minimum Gasteiger partial charge on any atom is -0.439 e. The van der Waals surface area contributed by atoms with Crippen molar-refractivity contribution in [1.29, 1.82) is 0 Å². The van der Waals surface area contributed by atoms with Crippen molar-refractivity contribution >= 4 is 16.8 Å². The third-order valence-corrected chi connectivity index (χ3v) is 5.23. The second-order valence-corrected chi connectivity index (χ2v) is 6.63. The van der Waals surface area contributed by atoms with Crippen LogP contribution in [0.1, 0.15) is 38.0 Å². The van der Waals surface area contributed by atoms with E-state index in [9.17, 15) is 0 Å². The maximum absolute atomic E-state index is 5.95. The molecule has 1 aliphatic heterocycles. The van der Waals surface area contributed by atoms with Gasteiger partial charge >= 0.3 is 0 Å². The van der Waals surface area contributed by atoms with Crippen molar-refractivity contribution in [2.24, 2.45) is 11.8 Å². The summed E-state index contributed by atoms with van der Waals surface area (Å²) in [6.45, 7) is 3.20. The van der Waals surface area contributed by atoms with Crippen molar-refractivity contribution in [3.05, 3.63) is 24.1 Å². The molecule has 112 valence electrons. The van der Waals surface area contributed by atoms with Gasteiger partial charge in [0.1, 0.15) is 5.52 Å². The highest BCUT2D eigenvalue weighted by Crippen LogP contribution is 2.36. The molecule has 2 aliphatic rings. The van der Waals surface area contributed by atoms with Gasteiger partial charge in [-0.15, -0.1) is 0 Å². The molecule has 1 aromatic carbocycles. The van der Waals surface area contributed by atoms with Crippen LogP contribution in [0.4, 0.5) is 5.69 Å². The van der Waals surface area contributed by atoms with Crippen LogP contribution < -0.4 is 5.73 Å². The summed E-state index contributed by atoms with van der Waals surface area (Å²) in [5.41, 5.74) is 8.27. The quantitative estimate of drug-likeness (QED) is 0.859. The molecule has 1 aromatic heterocycles. The average Bonchev–Trinajstić information content (AvgIpc) is 2.91. The lowest BCUT2D eigenvalue weighted by Gasteiger charge is -2.40.